The molecule has 0 aliphatic heterocycles. The van der Waals surface area contributed by atoms with Crippen molar-refractivity contribution in [2.75, 3.05) is 7.05 Å². The van der Waals surface area contributed by atoms with Gasteiger partial charge in [0.1, 0.15) is 0 Å². The highest BCUT2D eigenvalue weighted by Gasteiger charge is 2.29. The number of nitrogens with zero attached hydrogens (tertiary/aromatic N) is 1. The molecule has 1 aromatic heterocycles. The molecule has 0 spiro atoms. The van der Waals surface area contributed by atoms with Crippen LogP contribution in [0.1, 0.15) is 31.2 Å². The fourth-order valence-electron chi connectivity index (χ4n) is 2.38. The fraction of sp³-hybridized carbons (Fsp3) is 0.615. The first kappa shape index (κ1) is 12.9. The average Bonchev–Trinajstić information content (AvgIpc) is 2.81. The van der Waals surface area contributed by atoms with Crippen molar-refractivity contribution >= 4 is 28.8 Å². The molecule has 2 rings (SSSR count). The van der Waals surface area contributed by atoms with Crippen molar-refractivity contribution in [3.05, 3.63) is 22.4 Å². The summed E-state index contributed by atoms with van der Waals surface area (Å²) in [7, 11) is 1.89. The largest absolute Gasteiger partial charge is 0.341 e. The van der Waals surface area contributed by atoms with Crippen molar-refractivity contribution in [1.82, 2.24) is 4.90 Å². The Hall–Kier alpha value is -0.540. The summed E-state index contributed by atoms with van der Waals surface area (Å²) in [6.45, 7) is 0. The summed E-state index contributed by atoms with van der Waals surface area (Å²) in [5, 5.41) is 4.17. The number of hydrogen-bond donors (Lipinski definition) is 0. The molecule has 0 N–H and O–H groups in total. The third kappa shape index (κ3) is 3.23. The van der Waals surface area contributed by atoms with E-state index in [0.29, 0.717) is 6.42 Å². The number of amides is 1. The van der Waals surface area contributed by atoms with E-state index in [0.717, 1.165) is 18.4 Å². The first-order valence-corrected chi connectivity index (χ1v) is 7.47. The number of rotatable bonds is 3. The molecule has 1 aliphatic carbocycles. The summed E-state index contributed by atoms with van der Waals surface area (Å²) in [5.74, 6) is 0.181. The van der Waals surface area contributed by atoms with E-state index in [-0.39, 0.29) is 17.3 Å². The standard InChI is InChI=1S/C13H18ClNOS/c1-15(12-5-3-2-4-11(12)14)13(16)8-10-6-7-17-9-10/h6-7,9,11-12H,2-5,8H2,1H3. The normalized spacial score (nSPS) is 24.6. The molecule has 94 valence electrons. The molecule has 1 aliphatic rings. The molecule has 1 aromatic rings. The van der Waals surface area contributed by atoms with Crippen molar-refractivity contribution in [3.63, 3.8) is 0 Å². The van der Waals surface area contributed by atoms with Gasteiger partial charge in [-0.2, -0.15) is 11.3 Å². The van der Waals surface area contributed by atoms with Crippen molar-refractivity contribution in [2.24, 2.45) is 0 Å². The Bertz CT molecular complexity index is 366. The fourth-order valence-corrected chi connectivity index (χ4v) is 3.50. The van der Waals surface area contributed by atoms with Crippen molar-refractivity contribution < 1.29 is 4.79 Å². The smallest absolute Gasteiger partial charge is 0.227 e. The monoisotopic (exact) mass is 271 g/mol. The SMILES string of the molecule is CN(C(=O)Cc1ccsc1)C1CCCCC1Cl. The van der Waals surface area contributed by atoms with Crippen LogP contribution in [0.4, 0.5) is 0 Å². The molecule has 0 bridgehead atoms. The Balaban J connectivity index is 1.94. The average molecular weight is 272 g/mol. The van der Waals surface area contributed by atoms with E-state index >= 15 is 0 Å². The van der Waals surface area contributed by atoms with Crippen LogP contribution >= 0.6 is 22.9 Å². The predicted molar refractivity (Wildman–Crippen MR) is 72.7 cm³/mol. The summed E-state index contributed by atoms with van der Waals surface area (Å²) in [6.07, 6.45) is 4.95. The lowest BCUT2D eigenvalue weighted by Gasteiger charge is -2.35. The minimum atomic E-state index is 0.125. The molecule has 0 radical (unpaired) electrons. The molecule has 2 atom stereocenters. The maximum absolute atomic E-state index is 12.1. The van der Waals surface area contributed by atoms with E-state index in [1.54, 1.807) is 11.3 Å². The topological polar surface area (TPSA) is 20.3 Å². The Morgan fingerprint density at radius 3 is 2.94 bits per heavy atom. The van der Waals surface area contributed by atoms with E-state index in [1.807, 2.05) is 28.8 Å². The zero-order valence-electron chi connectivity index (χ0n) is 10.1. The van der Waals surface area contributed by atoms with Crippen LogP contribution in [0.15, 0.2) is 16.8 Å². The molecule has 0 aromatic carbocycles. The number of thiophene rings is 1. The molecular formula is C13H18ClNOS. The van der Waals surface area contributed by atoms with Crippen LogP contribution in [-0.2, 0) is 11.2 Å². The Morgan fingerprint density at radius 1 is 1.53 bits per heavy atom. The summed E-state index contributed by atoms with van der Waals surface area (Å²) < 4.78 is 0. The second-order valence-corrected chi connectivity index (χ2v) is 6.02. The molecule has 2 unspecified atom stereocenters. The van der Waals surface area contributed by atoms with Gasteiger partial charge in [-0.15, -0.1) is 11.6 Å². The maximum Gasteiger partial charge on any atom is 0.227 e. The molecule has 2 nitrogen and oxygen atoms in total. The summed E-state index contributed by atoms with van der Waals surface area (Å²) in [5.41, 5.74) is 1.11. The predicted octanol–water partition coefficient (Wildman–Crippen LogP) is 3.30. The van der Waals surface area contributed by atoms with Crippen LogP contribution in [0.3, 0.4) is 0 Å². The van der Waals surface area contributed by atoms with Crippen LogP contribution in [0.5, 0.6) is 0 Å². The number of carbonyl (C=O) groups is 1. The number of alkyl halides is 1. The van der Waals surface area contributed by atoms with E-state index in [1.165, 1.54) is 12.8 Å². The van der Waals surface area contributed by atoms with Crippen LogP contribution in [0.2, 0.25) is 0 Å². The van der Waals surface area contributed by atoms with Gasteiger partial charge in [0.2, 0.25) is 5.91 Å². The Kier molecular flexibility index (Phi) is 4.46. The first-order chi connectivity index (χ1) is 8.18. The first-order valence-electron chi connectivity index (χ1n) is 6.09. The van der Waals surface area contributed by atoms with Crippen LogP contribution in [0.25, 0.3) is 0 Å². The van der Waals surface area contributed by atoms with Crippen molar-refractivity contribution in [2.45, 2.75) is 43.5 Å². The summed E-state index contributed by atoms with van der Waals surface area (Å²) >= 11 is 7.94. The van der Waals surface area contributed by atoms with Crippen LogP contribution in [0, 0.1) is 0 Å². The van der Waals surface area contributed by atoms with Gasteiger partial charge >= 0.3 is 0 Å². The lowest BCUT2D eigenvalue weighted by molar-refractivity contribution is -0.131. The van der Waals surface area contributed by atoms with Crippen LogP contribution in [-0.4, -0.2) is 29.3 Å². The van der Waals surface area contributed by atoms with Gasteiger partial charge in [-0.25, -0.2) is 0 Å². The second-order valence-electron chi connectivity index (χ2n) is 4.68. The Labute approximate surface area is 112 Å². The van der Waals surface area contributed by atoms with Gasteiger partial charge in [0.15, 0.2) is 0 Å². The van der Waals surface area contributed by atoms with E-state index < -0.39 is 0 Å². The summed E-state index contributed by atoms with van der Waals surface area (Å²) in [4.78, 5) is 14.0. The molecule has 4 heteroatoms. The zero-order chi connectivity index (χ0) is 12.3. The number of hydrogen-bond acceptors (Lipinski definition) is 2. The van der Waals surface area contributed by atoms with Gasteiger partial charge in [0.25, 0.3) is 0 Å². The molecule has 1 amide bonds. The third-order valence-electron chi connectivity index (χ3n) is 3.47. The minimum Gasteiger partial charge on any atom is -0.341 e. The quantitative estimate of drug-likeness (QED) is 0.773. The van der Waals surface area contributed by atoms with Gasteiger partial charge in [0.05, 0.1) is 11.8 Å². The van der Waals surface area contributed by atoms with Crippen molar-refractivity contribution in [1.29, 1.82) is 0 Å². The highest BCUT2D eigenvalue weighted by molar-refractivity contribution is 7.07. The lowest BCUT2D eigenvalue weighted by atomic mass is 9.93. The molecule has 17 heavy (non-hydrogen) atoms. The van der Waals surface area contributed by atoms with E-state index in [2.05, 4.69) is 0 Å². The molecule has 1 saturated carbocycles. The number of likely N-dealkylation sites (N-methyl/N-ethyl adjacent to an activating group) is 1. The van der Waals surface area contributed by atoms with E-state index in [4.69, 9.17) is 11.6 Å². The van der Waals surface area contributed by atoms with Crippen LogP contribution < -0.4 is 0 Å². The highest BCUT2D eigenvalue weighted by Crippen LogP contribution is 2.27. The molecule has 0 saturated heterocycles. The molecule has 1 fully saturated rings. The number of halogens is 1. The van der Waals surface area contributed by atoms with Crippen molar-refractivity contribution in [3.8, 4) is 0 Å². The van der Waals surface area contributed by atoms with Gasteiger partial charge < -0.3 is 4.90 Å². The minimum absolute atomic E-state index is 0.125. The van der Waals surface area contributed by atoms with Gasteiger partial charge in [-0.05, 0) is 35.2 Å². The van der Waals surface area contributed by atoms with Gasteiger partial charge in [-0.1, -0.05) is 12.8 Å². The highest BCUT2D eigenvalue weighted by atomic mass is 35.5. The third-order valence-corrected chi connectivity index (χ3v) is 4.71. The molecule has 1 heterocycles. The summed E-state index contributed by atoms with van der Waals surface area (Å²) in [6, 6.07) is 2.23. The Morgan fingerprint density at radius 2 is 2.29 bits per heavy atom. The van der Waals surface area contributed by atoms with E-state index in [9.17, 15) is 4.79 Å². The lowest BCUT2D eigenvalue weighted by Crippen LogP contribution is -2.44. The van der Waals surface area contributed by atoms with Gasteiger partial charge in [0, 0.05) is 13.1 Å². The maximum atomic E-state index is 12.1. The zero-order valence-corrected chi connectivity index (χ0v) is 11.6. The molecular weight excluding hydrogens is 254 g/mol. The van der Waals surface area contributed by atoms with Gasteiger partial charge in [-0.3, -0.25) is 4.79 Å². The number of carbonyl (C=O) groups excluding carboxylic acids is 1. The second kappa shape index (κ2) is 5.87.